The van der Waals surface area contributed by atoms with Crippen molar-refractivity contribution in [2.45, 2.75) is 52.9 Å². The summed E-state index contributed by atoms with van der Waals surface area (Å²) in [7, 11) is 0. The minimum atomic E-state index is 0.597. The second kappa shape index (κ2) is 12.6. The third-order valence-electron chi connectivity index (χ3n) is 2.19. The van der Waals surface area contributed by atoms with E-state index in [0.717, 1.165) is 26.2 Å². The Bertz CT molecular complexity index is 153. The van der Waals surface area contributed by atoms with Crippen molar-refractivity contribution < 1.29 is 9.47 Å². The topological polar surface area (TPSA) is 18.5 Å². The van der Waals surface area contributed by atoms with Crippen molar-refractivity contribution in [3.8, 4) is 0 Å². The van der Waals surface area contributed by atoms with Gasteiger partial charge in [-0.3, -0.25) is 0 Å². The minimum Gasteiger partial charge on any atom is -0.501 e. The van der Waals surface area contributed by atoms with E-state index in [0.29, 0.717) is 5.92 Å². The van der Waals surface area contributed by atoms with Gasteiger partial charge in [0.2, 0.25) is 0 Å². The van der Waals surface area contributed by atoms with E-state index in [-0.39, 0.29) is 0 Å². The summed E-state index contributed by atoms with van der Waals surface area (Å²) in [5.41, 5.74) is 0. The molecular formula is C14H28O2. The molecule has 0 N–H and O–H groups in total. The minimum absolute atomic E-state index is 0.597. The van der Waals surface area contributed by atoms with Gasteiger partial charge >= 0.3 is 0 Å². The summed E-state index contributed by atoms with van der Waals surface area (Å²) in [6.45, 7) is 9.03. The van der Waals surface area contributed by atoms with Crippen LogP contribution in [0.15, 0.2) is 12.3 Å². The fourth-order valence-corrected chi connectivity index (χ4v) is 1.27. The summed E-state index contributed by atoms with van der Waals surface area (Å²) in [5, 5.41) is 0. The number of hydrogen-bond donors (Lipinski definition) is 0. The molecule has 2 nitrogen and oxygen atoms in total. The van der Waals surface area contributed by atoms with E-state index >= 15 is 0 Å². The number of unbranched alkanes of at least 4 members (excludes halogenated alkanes) is 3. The van der Waals surface area contributed by atoms with Crippen LogP contribution in [-0.2, 0) is 9.47 Å². The first-order chi connectivity index (χ1) is 7.77. The van der Waals surface area contributed by atoms with Crippen LogP contribution in [0, 0.1) is 5.92 Å². The molecule has 0 heterocycles. The van der Waals surface area contributed by atoms with Crippen molar-refractivity contribution in [3.63, 3.8) is 0 Å². The quantitative estimate of drug-likeness (QED) is 0.390. The Morgan fingerprint density at radius 1 is 1.06 bits per heavy atom. The smallest absolute Gasteiger partial charge is 0.0895 e. The third-order valence-corrected chi connectivity index (χ3v) is 2.19. The zero-order valence-corrected chi connectivity index (χ0v) is 11.2. The molecule has 0 bridgehead atoms. The van der Waals surface area contributed by atoms with E-state index in [2.05, 4.69) is 20.8 Å². The zero-order valence-electron chi connectivity index (χ0n) is 11.2. The molecule has 0 fully saturated rings. The van der Waals surface area contributed by atoms with Crippen molar-refractivity contribution in [1.82, 2.24) is 0 Å². The lowest BCUT2D eigenvalue weighted by Crippen LogP contribution is -1.97. The predicted molar refractivity (Wildman–Crippen MR) is 69.5 cm³/mol. The first kappa shape index (κ1) is 15.5. The van der Waals surface area contributed by atoms with Crippen LogP contribution in [0.2, 0.25) is 0 Å². The van der Waals surface area contributed by atoms with Gasteiger partial charge in [0.15, 0.2) is 0 Å². The molecule has 0 atom stereocenters. The van der Waals surface area contributed by atoms with Crippen LogP contribution in [0.25, 0.3) is 0 Å². The molecule has 0 aromatic rings. The molecule has 0 aliphatic rings. The second-order valence-corrected chi connectivity index (χ2v) is 4.56. The molecule has 0 aromatic carbocycles. The lowest BCUT2D eigenvalue weighted by atomic mass is 10.2. The maximum Gasteiger partial charge on any atom is 0.0895 e. The van der Waals surface area contributed by atoms with Crippen molar-refractivity contribution >= 4 is 0 Å². The summed E-state index contributed by atoms with van der Waals surface area (Å²) in [6, 6.07) is 0. The molecule has 0 spiro atoms. The van der Waals surface area contributed by atoms with E-state index in [1.165, 1.54) is 25.7 Å². The Hall–Kier alpha value is -0.500. The molecule has 16 heavy (non-hydrogen) atoms. The highest BCUT2D eigenvalue weighted by atomic mass is 16.5. The molecular weight excluding hydrogens is 200 g/mol. The Balaban J connectivity index is 3.03. The molecule has 0 amide bonds. The Morgan fingerprint density at radius 3 is 2.56 bits per heavy atom. The van der Waals surface area contributed by atoms with Crippen LogP contribution < -0.4 is 0 Å². The maximum absolute atomic E-state index is 5.50. The van der Waals surface area contributed by atoms with Crippen molar-refractivity contribution in [2.75, 3.05) is 19.8 Å². The SMILES string of the molecule is CCCCCCOCCC=COCC(C)C. The molecule has 0 aliphatic carbocycles. The third kappa shape index (κ3) is 13.5. The monoisotopic (exact) mass is 228 g/mol. The highest BCUT2D eigenvalue weighted by Gasteiger charge is 1.90. The molecule has 0 aromatic heterocycles. The molecule has 0 saturated carbocycles. The van der Waals surface area contributed by atoms with E-state index in [1.54, 1.807) is 6.26 Å². The summed E-state index contributed by atoms with van der Waals surface area (Å²) in [4.78, 5) is 0. The fraction of sp³-hybridized carbons (Fsp3) is 0.857. The lowest BCUT2D eigenvalue weighted by molar-refractivity contribution is 0.133. The molecule has 2 heteroatoms. The van der Waals surface area contributed by atoms with Crippen LogP contribution in [0.3, 0.4) is 0 Å². The first-order valence-corrected chi connectivity index (χ1v) is 6.61. The van der Waals surface area contributed by atoms with Crippen LogP contribution >= 0.6 is 0 Å². The second-order valence-electron chi connectivity index (χ2n) is 4.56. The highest BCUT2D eigenvalue weighted by molar-refractivity contribution is 4.73. The van der Waals surface area contributed by atoms with Crippen LogP contribution in [-0.4, -0.2) is 19.8 Å². The van der Waals surface area contributed by atoms with E-state index in [1.807, 2.05) is 6.08 Å². The Morgan fingerprint density at radius 2 is 1.88 bits per heavy atom. The largest absolute Gasteiger partial charge is 0.501 e. The molecule has 0 rings (SSSR count). The van der Waals surface area contributed by atoms with Crippen LogP contribution in [0.1, 0.15) is 52.9 Å². The Labute approximate surface area is 101 Å². The normalized spacial score (nSPS) is 11.5. The lowest BCUT2D eigenvalue weighted by Gasteiger charge is -2.03. The molecule has 0 radical (unpaired) electrons. The molecule has 0 aliphatic heterocycles. The summed E-state index contributed by atoms with van der Waals surface area (Å²) >= 11 is 0. The van der Waals surface area contributed by atoms with Gasteiger partial charge in [-0.05, 0) is 24.8 Å². The summed E-state index contributed by atoms with van der Waals surface area (Å²) < 4.78 is 10.8. The van der Waals surface area contributed by atoms with E-state index in [4.69, 9.17) is 9.47 Å². The standard InChI is InChI=1S/C14H28O2/c1-4-5-6-7-10-15-11-8-9-12-16-13-14(2)3/h9,12,14H,4-8,10-11,13H2,1-3H3. The first-order valence-electron chi connectivity index (χ1n) is 6.61. The fourth-order valence-electron chi connectivity index (χ4n) is 1.27. The van der Waals surface area contributed by atoms with Gasteiger partial charge in [0, 0.05) is 6.61 Å². The number of rotatable bonds is 11. The molecule has 0 unspecified atom stereocenters. The van der Waals surface area contributed by atoms with Gasteiger partial charge in [-0.1, -0.05) is 40.0 Å². The highest BCUT2D eigenvalue weighted by Crippen LogP contribution is 1.99. The van der Waals surface area contributed by atoms with Gasteiger partial charge in [-0.25, -0.2) is 0 Å². The summed E-state index contributed by atoms with van der Waals surface area (Å²) in [5.74, 6) is 0.597. The van der Waals surface area contributed by atoms with Gasteiger partial charge in [0.1, 0.15) is 0 Å². The number of hydrogen-bond acceptors (Lipinski definition) is 2. The summed E-state index contributed by atoms with van der Waals surface area (Å²) in [6.07, 6.45) is 9.88. The van der Waals surface area contributed by atoms with Gasteiger partial charge in [-0.15, -0.1) is 0 Å². The zero-order chi connectivity index (χ0) is 12.1. The maximum atomic E-state index is 5.50. The van der Waals surface area contributed by atoms with Crippen molar-refractivity contribution in [1.29, 1.82) is 0 Å². The van der Waals surface area contributed by atoms with Gasteiger partial charge in [-0.2, -0.15) is 0 Å². The molecule has 96 valence electrons. The van der Waals surface area contributed by atoms with Gasteiger partial charge in [0.25, 0.3) is 0 Å². The average molecular weight is 228 g/mol. The predicted octanol–water partition coefficient (Wildman–Crippen LogP) is 4.16. The van der Waals surface area contributed by atoms with Crippen molar-refractivity contribution in [3.05, 3.63) is 12.3 Å². The molecule has 0 saturated heterocycles. The van der Waals surface area contributed by atoms with Crippen LogP contribution in [0.4, 0.5) is 0 Å². The van der Waals surface area contributed by atoms with Crippen molar-refractivity contribution in [2.24, 2.45) is 5.92 Å². The Kier molecular flexibility index (Phi) is 12.2. The average Bonchev–Trinajstić information content (AvgIpc) is 2.25. The van der Waals surface area contributed by atoms with E-state index < -0.39 is 0 Å². The van der Waals surface area contributed by atoms with Gasteiger partial charge < -0.3 is 9.47 Å². The van der Waals surface area contributed by atoms with Crippen LogP contribution in [0.5, 0.6) is 0 Å². The number of ether oxygens (including phenoxy) is 2. The van der Waals surface area contributed by atoms with Gasteiger partial charge in [0.05, 0.1) is 19.5 Å². The van der Waals surface area contributed by atoms with E-state index in [9.17, 15) is 0 Å².